The predicted octanol–water partition coefficient (Wildman–Crippen LogP) is 1.54. The fourth-order valence-corrected chi connectivity index (χ4v) is 1.76. The van der Waals surface area contributed by atoms with Crippen molar-refractivity contribution in [2.75, 3.05) is 14.2 Å². The molecule has 1 unspecified atom stereocenters. The summed E-state index contributed by atoms with van der Waals surface area (Å²) in [6, 6.07) is 5.98. The Bertz CT molecular complexity index is 467. The quantitative estimate of drug-likeness (QED) is 0.805. The second-order valence-corrected chi connectivity index (χ2v) is 4.22. The minimum absolute atomic E-state index is 0.151. The third kappa shape index (κ3) is 4.42. The van der Waals surface area contributed by atoms with Crippen LogP contribution in [0.15, 0.2) is 24.3 Å². The zero-order valence-electron chi connectivity index (χ0n) is 10.6. The van der Waals surface area contributed by atoms with Crippen molar-refractivity contribution < 1.29 is 19.5 Å². The van der Waals surface area contributed by atoms with Crippen molar-refractivity contribution in [2.45, 2.75) is 12.5 Å². The lowest BCUT2D eigenvalue weighted by Gasteiger charge is -2.22. The normalized spacial score (nSPS) is 11.7. The molecular formula is C12H15ClN2O4. The van der Waals surface area contributed by atoms with Crippen LogP contribution in [0.5, 0.6) is 0 Å². The smallest absolute Gasteiger partial charge is 0.405 e. The van der Waals surface area contributed by atoms with Crippen molar-refractivity contribution in [2.24, 2.45) is 0 Å². The Morgan fingerprint density at radius 2 is 2.11 bits per heavy atom. The molecule has 1 rings (SSSR count). The molecule has 0 spiro atoms. The van der Waals surface area contributed by atoms with E-state index < -0.39 is 18.0 Å². The summed E-state index contributed by atoms with van der Waals surface area (Å²) >= 11 is 5.99. The van der Waals surface area contributed by atoms with Crippen LogP contribution >= 0.6 is 11.6 Å². The van der Waals surface area contributed by atoms with E-state index in [1.54, 1.807) is 24.3 Å². The van der Waals surface area contributed by atoms with Crippen molar-refractivity contribution >= 4 is 23.6 Å². The summed E-state index contributed by atoms with van der Waals surface area (Å²) in [4.78, 5) is 27.5. The van der Waals surface area contributed by atoms with E-state index in [1.165, 1.54) is 14.2 Å². The zero-order valence-corrected chi connectivity index (χ0v) is 11.3. The van der Waals surface area contributed by atoms with Gasteiger partial charge in [0.05, 0.1) is 7.11 Å². The molecule has 2 amide bonds. The molecule has 0 heterocycles. The number of nitrogens with one attached hydrogen (secondary N) is 1. The second-order valence-electron chi connectivity index (χ2n) is 3.82. The van der Waals surface area contributed by atoms with Gasteiger partial charge in [0.25, 0.3) is 5.91 Å². The van der Waals surface area contributed by atoms with Gasteiger partial charge in [0, 0.05) is 18.5 Å². The van der Waals surface area contributed by atoms with Gasteiger partial charge in [-0.15, -0.1) is 0 Å². The topological polar surface area (TPSA) is 78.9 Å². The average Bonchev–Trinajstić information content (AvgIpc) is 2.38. The van der Waals surface area contributed by atoms with Crippen molar-refractivity contribution in [3.8, 4) is 0 Å². The fraction of sp³-hybridized carbons (Fsp3) is 0.333. The Labute approximate surface area is 115 Å². The van der Waals surface area contributed by atoms with Crippen LogP contribution in [0, 0.1) is 0 Å². The van der Waals surface area contributed by atoms with Crippen LogP contribution in [0.3, 0.4) is 0 Å². The lowest BCUT2D eigenvalue weighted by molar-refractivity contribution is -0.170. The Kier molecular flexibility index (Phi) is 5.59. The first kappa shape index (κ1) is 15.3. The fourth-order valence-electron chi connectivity index (χ4n) is 1.54. The minimum atomic E-state index is -1.28. The van der Waals surface area contributed by atoms with Crippen LogP contribution in [-0.4, -0.2) is 42.4 Å². The maximum Gasteiger partial charge on any atom is 0.405 e. The van der Waals surface area contributed by atoms with Gasteiger partial charge < -0.3 is 10.4 Å². The summed E-state index contributed by atoms with van der Waals surface area (Å²) < 4.78 is 0. The number of carbonyl (C=O) groups is 2. The van der Waals surface area contributed by atoms with Crippen molar-refractivity contribution in [3.05, 3.63) is 34.9 Å². The molecule has 0 aliphatic heterocycles. The van der Waals surface area contributed by atoms with Crippen molar-refractivity contribution in [1.82, 2.24) is 10.4 Å². The molecule has 0 saturated carbocycles. The first-order valence-electron chi connectivity index (χ1n) is 5.50. The number of halogens is 1. The van der Waals surface area contributed by atoms with Gasteiger partial charge in [-0.1, -0.05) is 29.8 Å². The molecule has 0 aliphatic rings. The number of carboxylic acid groups (broad SMARTS) is 1. The van der Waals surface area contributed by atoms with Crippen LogP contribution in [0.2, 0.25) is 5.02 Å². The van der Waals surface area contributed by atoms with Gasteiger partial charge >= 0.3 is 6.09 Å². The van der Waals surface area contributed by atoms with Gasteiger partial charge in [0.2, 0.25) is 0 Å². The molecule has 7 heteroatoms. The van der Waals surface area contributed by atoms with Gasteiger partial charge in [-0.2, -0.15) is 0 Å². The summed E-state index contributed by atoms with van der Waals surface area (Å²) in [6.07, 6.45) is -1.13. The Morgan fingerprint density at radius 1 is 1.47 bits per heavy atom. The number of hydroxylamine groups is 2. The van der Waals surface area contributed by atoms with Crippen LogP contribution in [0.1, 0.15) is 5.56 Å². The standard InChI is InChI=1S/C12H15ClN2O4/c1-15(19-2)11(16)10(14-12(17)18)7-8-5-3-4-6-9(8)13/h3-6,10,14H,7H2,1-2H3,(H,17,18). The van der Waals surface area contributed by atoms with E-state index >= 15 is 0 Å². The van der Waals surface area contributed by atoms with Gasteiger partial charge in [0.15, 0.2) is 0 Å². The maximum atomic E-state index is 12.0. The number of likely N-dealkylation sites (N-methyl/N-ethyl adjacent to an activating group) is 1. The molecular weight excluding hydrogens is 272 g/mol. The van der Waals surface area contributed by atoms with E-state index in [0.717, 1.165) is 5.06 Å². The number of benzene rings is 1. The number of hydrogen-bond donors (Lipinski definition) is 2. The molecule has 0 saturated heterocycles. The first-order valence-corrected chi connectivity index (χ1v) is 5.88. The monoisotopic (exact) mass is 286 g/mol. The summed E-state index contributed by atoms with van der Waals surface area (Å²) in [6.45, 7) is 0. The predicted molar refractivity (Wildman–Crippen MR) is 69.9 cm³/mol. The Hall–Kier alpha value is -1.79. The maximum absolute atomic E-state index is 12.0. The zero-order chi connectivity index (χ0) is 14.4. The highest BCUT2D eigenvalue weighted by Crippen LogP contribution is 2.17. The summed E-state index contributed by atoms with van der Waals surface area (Å²) in [5.74, 6) is -0.496. The average molecular weight is 287 g/mol. The largest absolute Gasteiger partial charge is 0.465 e. The third-order valence-electron chi connectivity index (χ3n) is 2.56. The molecule has 1 atom stereocenters. The molecule has 0 aromatic heterocycles. The molecule has 19 heavy (non-hydrogen) atoms. The molecule has 1 aromatic carbocycles. The molecule has 104 valence electrons. The first-order chi connectivity index (χ1) is 8.95. The number of nitrogens with zero attached hydrogens (tertiary/aromatic N) is 1. The van der Waals surface area contributed by atoms with Crippen molar-refractivity contribution in [3.63, 3.8) is 0 Å². The lowest BCUT2D eigenvalue weighted by Crippen LogP contribution is -2.47. The number of amides is 2. The van der Waals surface area contributed by atoms with E-state index in [1.807, 2.05) is 0 Å². The van der Waals surface area contributed by atoms with Crippen LogP contribution in [0.4, 0.5) is 4.79 Å². The minimum Gasteiger partial charge on any atom is -0.465 e. The summed E-state index contributed by atoms with van der Waals surface area (Å²) in [7, 11) is 2.73. The van der Waals surface area contributed by atoms with Crippen LogP contribution in [-0.2, 0) is 16.1 Å². The molecule has 6 nitrogen and oxygen atoms in total. The summed E-state index contributed by atoms with van der Waals surface area (Å²) in [5.41, 5.74) is 0.681. The number of carbonyl (C=O) groups excluding carboxylic acids is 1. The van der Waals surface area contributed by atoms with E-state index in [4.69, 9.17) is 21.5 Å². The Morgan fingerprint density at radius 3 is 2.63 bits per heavy atom. The molecule has 0 bridgehead atoms. The van der Waals surface area contributed by atoms with Crippen LogP contribution < -0.4 is 5.32 Å². The molecule has 0 fully saturated rings. The third-order valence-corrected chi connectivity index (χ3v) is 2.93. The molecule has 2 N–H and O–H groups in total. The van der Waals surface area contributed by atoms with Crippen molar-refractivity contribution in [1.29, 1.82) is 0 Å². The summed E-state index contributed by atoms with van der Waals surface area (Å²) in [5, 5.41) is 12.4. The highest BCUT2D eigenvalue weighted by atomic mass is 35.5. The van der Waals surface area contributed by atoms with Gasteiger partial charge in [-0.25, -0.2) is 9.86 Å². The van der Waals surface area contributed by atoms with Gasteiger partial charge in [-0.3, -0.25) is 9.63 Å². The second kappa shape index (κ2) is 6.96. The van der Waals surface area contributed by atoms with Gasteiger partial charge in [-0.05, 0) is 11.6 Å². The number of rotatable bonds is 5. The van der Waals surface area contributed by atoms with E-state index in [0.29, 0.717) is 10.6 Å². The lowest BCUT2D eigenvalue weighted by atomic mass is 10.1. The highest BCUT2D eigenvalue weighted by molar-refractivity contribution is 6.31. The van der Waals surface area contributed by atoms with E-state index in [2.05, 4.69) is 5.32 Å². The Balaban J connectivity index is 2.89. The van der Waals surface area contributed by atoms with Gasteiger partial charge in [0.1, 0.15) is 6.04 Å². The van der Waals surface area contributed by atoms with Crippen LogP contribution in [0.25, 0.3) is 0 Å². The number of hydrogen-bond acceptors (Lipinski definition) is 3. The van der Waals surface area contributed by atoms with E-state index in [-0.39, 0.29) is 6.42 Å². The molecule has 0 aliphatic carbocycles. The molecule has 0 radical (unpaired) electrons. The van der Waals surface area contributed by atoms with E-state index in [9.17, 15) is 9.59 Å². The molecule has 1 aromatic rings. The SMILES string of the molecule is CON(C)C(=O)C(Cc1ccccc1Cl)NC(=O)O. The highest BCUT2D eigenvalue weighted by Gasteiger charge is 2.25.